The van der Waals surface area contributed by atoms with Gasteiger partial charge in [-0.25, -0.2) is 4.98 Å². The fourth-order valence-electron chi connectivity index (χ4n) is 4.49. The minimum absolute atomic E-state index is 0.129. The smallest absolute Gasteiger partial charge is 0.255 e. The number of hydrogen-bond donors (Lipinski definition) is 1. The highest BCUT2D eigenvalue weighted by molar-refractivity contribution is 6.42. The molecule has 1 saturated heterocycles. The molecule has 1 aromatic heterocycles. The topological polar surface area (TPSA) is 85.5 Å². The standard InChI is InChI=1S/C25H21Cl2N3O3/c26-18-8-5-14(12-19(18)27)11-15-6-7-17-22(16-3-1-2-4-20(16)29-23(15)17)25(32)30-9-10-33-21(13-30)24(28)31/h1-5,8,11-12,21H,6-7,9-10,13H2,(H2,28,31)/b15-11-. The molecule has 168 valence electrons. The third kappa shape index (κ3) is 4.10. The molecule has 0 radical (unpaired) electrons. The molecule has 1 aliphatic carbocycles. The lowest BCUT2D eigenvalue weighted by molar-refractivity contribution is -0.133. The Labute approximate surface area is 200 Å². The molecule has 6 nitrogen and oxygen atoms in total. The lowest BCUT2D eigenvalue weighted by Crippen LogP contribution is -2.50. The van der Waals surface area contributed by atoms with E-state index < -0.39 is 12.0 Å². The van der Waals surface area contributed by atoms with Crippen LogP contribution in [-0.4, -0.2) is 47.5 Å². The number of para-hydroxylation sites is 1. The number of carbonyl (C=O) groups excluding carboxylic acids is 2. The van der Waals surface area contributed by atoms with Crippen molar-refractivity contribution in [1.82, 2.24) is 9.88 Å². The zero-order chi connectivity index (χ0) is 23.1. The molecule has 1 unspecified atom stereocenters. The highest BCUT2D eigenvalue weighted by Gasteiger charge is 2.33. The molecule has 3 aromatic rings. The highest BCUT2D eigenvalue weighted by Crippen LogP contribution is 2.38. The van der Waals surface area contributed by atoms with E-state index in [1.54, 1.807) is 11.0 Å². The molecule has 8 heteroatoms. The monoisotopic (exact) mass is 481 g/mol. The van der Waals surface area contributed by atoms with Gasteiger partial charge in [-0.2, -0.15) is 0 Å². The highest BCUT2D eigenvalue weighted by atomic mass is 35.5. The van der Waals surface area contributed by atoms with Gasteiger partial charge < -0.3 is 15.4 Å². The van der Waals surface area contributed by atoms with Crippen molar-refractivity contribution >= 4 is 57.6 Å². The lowest BCUT2D eigenvalue weighted by Gasteiger charge is -2.32. The second-order valence-electron chi connectivity index (χ2n) is 8.19. The van der Waals surface area contributed by atoms with Crippen molar-refractivity contribution in [2.45, 2.75) is 18.9 Å². The summed E-state index contributed by atoms with van der Waals surface area (Å²) in [5.41, 5.74) is 10.5. The molecule has 2 aliphatic rings. The van der Waals surface area contributed by atoms with Crippen molar-refractivity contribution in [3.05, 3.63) is 74.9 Å². The van der Waals surface area contributed by atoms with Crippen molar-refractivity contribution in [1.29, 1.82) is 0 Å². The number of fused-ring (bicyclic) bond motifs is 2. The van der Waals surface area contributed by atoms with Crippen molar-refractivity contribution in [2.75, 3.05) is 19.7 Å². The summed E-state index contributed by atoms with van der Waals surface area (Å²) in [5, 5.41) is 1.80. The Balaban J connectivity index is 1.60. The number of aromatic nitrogens is 1. The predicted octanol–water partition coefficient (Wildman–Crippen LogP) is 4.35. The van der Waals surface area contributed by atoms with Crippen LogP contribution in [0.3, 0.4) is 0 Å². The molecule has 2 amide bonds. The van der Waals surface area contributed by atoms with Crippen molar-refractivity contribution in [2.24, 2.45) is 5.73 Å². The molecule has 1 aliphatic heterocycles. The molecule has 5 rings (SSSR count). The summed E-state index contributed by atoms with van der Waals surface area (Å²) >= 11 is 12.3. The number of amides is 2. The van der Waals surface area contributed by atoms with E-state index in [0.717, 1.165) is 39.7 Å². The number of allylic oxidation sites excluding steroid dienone is 1. The average molecular weight is 482 g/mol. The number of rotatable bonds is 3. The zero-order valence-corrected chi connectivity index (χ0v) is 19.2. The van der Waals surface area contributed by atoms with E-state index >= 15 is 0 Å². The van der Waals surface area contributed by atoms with Gasteiger partial charge >= 0.3 is 0 Å². The Hall–Kier alpha value is -2.93. The van der Waals surface area contributed by atoms with Crippen LogP contribution in [-0.2, 0) is 16.0 Å². The van der Waals surface area contributed by atoms with Crippen LogP contribution < -0.4 is 5.73 Å². The number of hydrogen-bond acceptors (Lipinski definition) is 4. The van der Waals surface area contributed by atoms with Crippen molar-refractivity contribution in [3.63, 3.8) is 0 Å². The number of primary amides is 1. The van der Waals surface area contributed by atoms with E-state index in [9.17, 15) is 9.59 Å². The van der Waals surface area contributed by atoms with Gasteiger partial charge in [0.1, 0.15) is 0 Å². The number of halogens is 2. The normalized spacial score (nSPS) is 19.2. The van der Waals surface area contributed by atoms with Crippen LogP contribution in [0.2, 0.25) is 10.0 Å². The van der Waals surface area contributed by atoms with Crippen LogP contribution in [0.25, 0.3) is 22.6 Å². The van der Waals surface area contributed by atoms with E-state index in [-0.39, 0.29) is 19.1 Å². The van der Waals surface area contributed by atoms with E-state index in [2.05, 4.69) is 0 Å². The molecule has 1 atom stereocenters. The largest absolute Gasteiger partial charge is 0.367 e. The first-order valence-corrected chi connectivity index (χ1v) is 11.5. The molecule has 0 saturated carbocycles. The maximum absolute atomic E-state index is 13.7. The van der Waals surface area contributed by atoms with Crippen LogP contribution in [0.1, 0.15) is 33.6 Å². The number of nitrogens with two attached hydrogens (primary N) is 1. The minimum Gasteiger partial charge on any atom is -0.367 e. The third-order valence-corrected chi connectivity index (χ3v) is 6.85. The summed E-state index contributed by atoms with van der Waals surface area (Å²) in [4.78, 5) is 31.9. The second-order valence-corrected chi connectivity index (χ2v) is 9.00. The van der Waals surface area contributed by atoms with Crippen molar-refractivity contribution < 1.29 is 14.3 Å². The molecular weight excluding hydrogens is 461 g/mol. The number of ether oxygens (including phenoxy) is 1. The SMILES string of the molecule is NC(=O)C1CN(C(=O)c2c3c(nc4ccccc24)/C(=C\c2ccc(Cl)c(Cl)c2)CC3)CCO1. The maximum Gasteiger partial charge on any atom is 0.255 e. The Morgan fingerprint density at radius 2 is 1.94 bits per heavy atom. The second kappa shape index (κ2) is 8.78. The molecular formula is C25H21Cl2N3O3. The lowest BCUT2D eigenvalue weighted by atomic mass is 9.99. The molecule has 33 heavy (non-hydrogen) atoms. The fraction of sp³-hybridized carbons (Fsp3) is 0.240. The summed E-state index contributed by atoms with van der Waals surface area (Å²) in [6, 6.07) is 13.1. The van der Waals surface area contributed by atoms with E-state index in [0.29, 0.717) is 28.6 Å². The summed E-state index contributed by atoms with van der Waals surface area (Å²) in [5.74, 6) is -0.695. The van der Waals surface area contributed by atoms with Gasteiger partial charge in [-0.15, -0.1) is 0 Å². The molecule has 2 aromatic carbocycles. The fourth-order valence-corrected chi connectivity index (χ4v) is 4.80. The Morgan fingerprint density at radius 3 is 2.73 bits per heavy atom. The van der Waals surface area contributed by atoms with Gasteiger partial charge in [0.15, 0.2) is 6.10 Å². The average Bonchev–Trinajstić information content (AvgIpc) is 3.21. The zero-order valence-electron chi connectivity index (χ0n) is 17.7. The summed E-state index contributed by atoms with van der Waals surface area (Å²) in [6.45, 7) is 0.818. The molecule has 2 N–H and O–H groups in total. The van der Waals surface area contributed by atoms with Gasteiger partial charge in [0.2, 0.25) is 5.91 Å². The number of carbonyl (C=O) groups is 2. The number of morpholine rings is 1. The summed E-state index contributed by atoms with van der Waals surface area (Å²) in [7, 11) is 0. The Morgan fingerprint density at radius 1 is 1.12 bits per heavy atom. The Kier molecular flexibility index (Phi) is 5.83. The number of nitrogens with zero attached hydrogens (tertiary/aromatic N) is 2. The maximum atomic E-state index is 13.7. The Bertz CT molecular complexity index is 1320. The number of benzene rings is 2. The van der Waals surface area contributed by atoms with Gasteiger partial charge in [-0.3, -0.25) is 9.59 Å². The van der Waals surface area contributed by atoms with Crippen LogP contribution in [0.4, 0.5) is 0 Å². The first kappa shape index (κ1) is 21.9. The van der Waals surface area contributed by atoms with Crippen LogP contribution >= 0.6 is 23.2 Å². The number of pyridine rings is 1. The third-order valence-electron chi connectivity index (χ3n) is 6.11. The molecule has 0 spiro atoms. The first-order valence-electron chi connectivity index (χ1n) is 10.7. The predicted molar refractivity (Wildman–Crippen MR) is 129 cm³/mol. The van der Waals surface area contributed by atoms with Gasteiger partial charge in [-0.1, -0.05) is 47.5 Å². The van der Waals surface area contributed by atoms with Crippen LogP contribution in [0.15, 0.2) is 42.5 Å². The molecule has 2 heterocycles. The molecule has 0 bridgehead atoms. The van der Waals surface area contributed by atoms with Crippen LogP contribution in [0, 0.1) is 0 Å². The van der Waals surface area contributed by atoms with Crippen molar-refractivity contribution in [3.8, 4) is 0 Å². The quantitative estimate of drug-likeness (QED) is 0.602. The van der Waals surface area contributed by atoms with Gasteiger partial charge in [0.25, 0.3) is 5.91 Å². The van der Waals surface area contributed by atoms with Gasteiger partial charge in [0, 0.05) is 11.9 Å². The minimum atomic E-state index is -0.797. The van der Waals surface area contributed by atoms with Gasteiger partial charge in [-0.05, 0) is 53.8 Å². The van der Waals surface area contributed by atoms with Crippen LogP contribution in [0.5, 0.6) is 0 Å². The summed E-state index contributed by atoms with van der Waals surface area (Å²) < 4.78 is 5.43. The van der Waals surface area contributed by atoms with E-state index in [4.69, 9.17) is 38.7 Å². The van der Waals surface area contributed by atoms with E-state index in [1.807, 2.05) is 42.5 Å². The van der Waals surface area contributed by atoms with E-state index in [1.165, 1.54) is 0 Å². The first-order chi connectivity index (χ1) is 15.9. The van der Waals surface area contributed by atoms with Gasteiger partial charge in [0.05, 0.1) is 40.0 Å². The molecule has 1 fully saturated rings. The summed E-state index contributed by atoms with van der Waals surface area (Å²) in [6.07, 6.45) is 2.70.